The molecule has 1 aliphatic rings. The molecule has 2 aromatic carbocycles. The molecular weight excluding hydrogens is 332 g/mol. The summed E-state index contributed by atoms with van der Waals surface area (Å²) in [6.07, 6.45) is 0. The molecule has 3 aromatic rings. The van der Waals surface area contributed by atoms with Gasteiger partial charge in [-0.25, -0.2) is 0 Å². The van der Waals surface area contributed by atoms with Crippen molar-refractivity contribution in [1.82, 2.24) is 9.36 Å². The van der Waals surface area contributed by atoms with Crippen LogP contribution in [0, 0.1) is 0 Å². The Balaban J connectivity index is 1.43. The van der Waals surface area contributed by atoms with Gasteiger partial charge in [0.15, 0.2) is 5.82 Å². The number of piperazine rings is 1. The maximum Gasteiger partial charge on any atom is 0.205 e. The number of aromatic nitrogens is 2. The van der Waals surface area contributed by atoms with Gasteiger partial charge in [0, 0.05) is 55.0 Å². The first-order valence-corrected chi connectivity index (χ1v) is 9.14. The first-order valence-electron chi connectivity index (χ1n) is 8.36. The highest BCUT2D eigenvalue weighted by atomic mass is 32.1. The van der Waals surface area contributed by atoms with Crippen molar-refractivity contribution in [2.45, 2.75) is 0 Å². The van der Waals surface area contributed by atoms with Gasteiger partial charge in [0.25, 0.3) is 0 Å². The summed E-state index contributed by atoms with van der Waals surface area (Å²) in [5.41, 5.74) is 2.28. The number of rotatable bonds is 4. The molecule has 0 saturated carbocycles. The van der Waals surface area contributed by atoms with Crippen LogP contribution in [0.1, 0.15) is 0 Å². The van der Waals surface area contributed by atoms with Crippen LogP contribution in [0.5, 0.6) is 5.75 Å². The number of methoxy groups -OCH3 is 1. The highest BCUT2D eigenvalue weighted by Crippen LogP contribution is 2.27. The van der Waals surface area contributed by atoms with E-state index in [1.165, 1.54) is 17.2 Å². The second-order valence-corrected chi connectivity index (χ2v) is 6.67. The number of nitrogens with zero attached hydrogens (tertiary/aromatic N) is 4. The van der Waals surface area contributed by atoms with Gasteiger partial charge in [-0.05, 0) is 12.1 Å². The van der Waals surface area contributed by atoms with Gasteiger partial charge in [-0.15, -0.1) is 0 Å². The lowest BCUT2D eigenvalue weighted by Crippen LogP contribution is -2.46. The van der Waals surface area contributed by atoms with Crippen molar-refractivity contribution in [3.63, 3.8) is 0 Å². The fraction of sp³-hybridized carbons (Fsp3) is 0.263. The average Bonchev–Trinajstić information content (AvgIpc) is 3.19. The predicted octanol–water partition coefficient (Wildman–Crippen LogP) is 3.54. The largest absolute Gasteiger partial charge is 0.497 e. The Bertz CT molecular complexity index is 828. The summed E-state index contributed by atoms with van der Waals surface area (Å²) in [6, 6.07) is 18.4. The average molecular weight is 352 g/mol. The Labute approximate surface area is 151 Å². The third-order valence-electron chi connectivity index (χ3n) is 4.42. The number of anilines is 2. The maximum atomic E-state index is 5.33. The molecule has 128 valence electrons. The van der Waals surface area contributed by atoms with E-state index in [1.807, 2.05) is 42.5 Å². The van der Waals surface area contributed by atoms with Crippen LogP contribution < -0.4 is 14.5 Å². The molecule has 1 aromatic heterocycles. The first kappa shape index (κ1) is 15.9. The van der Waals surface area contributed by atoms with Crippen LogP contribution in [0.2, 0.25) is 0 Å². The summed E-state index contributed by atoms with van der Waals surface area (Å²) >= 11 is 1.48. The lowest BCUT2D eigenvalue weighted by Gasteiger charge is -2.35. The van der Waals surface area contributed by atoms with E-state index < -0.39 is 0 Å². The number of ether oxygens (including phenoxy) is 1. The van der Waals surface area contributed by atoms with Gasteiger partial charge in [0.1, 0.15) is 5.75 Å². The summed E-state index contributed by atoms with van der Waals surface area (Å²) in [7, 11) is 1.71. The molecule has 0 bridgehead atoms. The highest BCUT2D eigenvalue weighted by molar-refractivity contribution is 7.09. The minimum atomic E-state index is 0.816. The van der Waals surface area contributed by atoms with Crippen LogP contribution in [-0.4, -0.2) is 42.6 Å². The summed E-state index contributed by atoms with van der Waals surface area (Å²) in [5.74, 6) is 1.72. The molecule has 4 rings (SSSR count). The molecule has 5 nitrogen and oxygen atoms in total. The van der Waals surface area contributed by atoms with E-state index >= 15 is 0 Å². The van der Waals surface area contributed by atoms with Gasteiger partial charge in [-0.1, -0.05) is 36.4 Å². The van der Waals surface area contributed by atoms with Crippen LogP contribution in [0.25, 0.3) is 11.4 Å². The van der Waals surface area contributed by atoms with Crippen LogP contribution in [0.4, 0.5) is 10.8 Å². The molecule has 2 heterocycles. The summed E-state index contributed by atoms with van der Waals surface area (Å²) in [5, 5.41) is 1.00. The quantitative estimate of drug-likeness (QED) is 0.718. The lowest BCUT2D eigenvalue weighted by atomic mass is 10.2. The van der Waals surface area contributed by atoms with Crippen LogP contribution in [-0.2, 0) is 0 Å². The fourth-order valence-electron chi connectivity index (χ4n) is 3.01. The lowest BCUT2D eigenvalue weighted by molar-refractivity contribution is 0.414. The molecular formula is C19H20N4OS. The normalized spacial score (nSPS) is 14.6. The third-order valence-corrected chi connectivity index (χ3v) is 5.19. The van der Waals surface area contributed by atoms with E-state index in [1.54, 1.807) is 7.11 Å². The van der Waals surface area contributed by atoms with E-state index in [0.717, 1.165) is 48.4 Å². The molecule has 0 unspecified atom stereocenters. The smallest absolute Gasteiger partial charge is 0.205 e. The standard InChI is InChI=1S/C19H20N4OS/c1-24-17-9-5-8-16(14-17)22-10-12-23(13-11-22)19-20-18(21-25-19)15-6-3-2-4-7-15/h2-9,14H,10-13H2,1H3. The van der Waals surface area contributed by atoms with Crippen molar-refractivity contribution in [1.29, 1.82) is 0 Å². The minimum absolute atomic E-state index is 0.816. The molecule has 0 spiro atoms. The van der Waals surface area contributed by atoms with Gasteiger partial charge in [0.2, 0.25) is 5.13 Å². The molecule has 0 radical (unpaired) electrons. The number of hydrogen-bond donors (Lipinski definition) is 0. The van der Waals surface area contributed by atoms with Crippen molar-refractivity contribution in [2.75, 3.05) is 43.1 Å². The Morgan fingerprint density at radius 2 is 1.68 bits per heavy atom. The Morgan fingerprint density at radius 3 is 2.44 bits per heavy atom. The van der Waals surface area contributed by atoms with Crippen molar-refractivity contribution >= 4 is 22.4 Å². The Hall–Kier alpha value is -2.60. The zero-order valence-electron chi connectivity index (χ0n) is 14.1. The van der Waals surface area contributed by atoms with Gasteiger partial charge in [-0.2, -0.15) is 9.36 Å². The van der Waals surface area contributed by atoms with Crippen LogP contribution >= 0.6 is 11.5 Å². The van der Waals surface area contributed by atoms with Crippen molar-refractivity contribution in [3.8, 4) is 17.1 Å². The molecule has 0 aliphatic carbocycles. The molecule has 1 saturated heterocycles. The van der Waals surface area contributed by atoms with Crippen LogP contribution in [0.3, 0.4) is 0 Å². The van der Waals surface area contributed by atoms with Gasteiger partial charge in [0.05, 0.1) is 7.11 Å². The second-order valence-electron chi connectivity index (χ2n) is 5.94. The molecule has 25 heavy (non-hydrogen) atoms. The molecule has 6 heteroatoms. The molecule has 0 N–H and O–H groups in total. The van der Waals surface area contributed by atoms with E-state index in [9.17, 15) is 0 Å². The molecule has 1 aliphatic heterocycles. The Morgan fingerprint density at radius 1 is 0.920 bits per heavy atom. The maximum absolute atomic E-state index is 5.33. The molecule has 0 amide bonds. The second kappa shape index (κ2) is 7.11. The van der Waals surface area contributed by atoms with Crippen molar-refractivity contribution in [3.05, 3.63) is 54.6 Å². The van der Waals surface area contributed by atoms with Crippen molar-refractivity contribution in [2.24, 2.45) is 0 Å². The monoisotopic (exact) mass is 352 g/mol. The van der Waals surface area contributed by atoms with Gasteiger partial charge in [-0.3, -0.25) is 0 Å². The van der Waals surface area contributed by atoms with E-state index in [4.69, 9.17) is 9.72 Å². The first-order chi connectivity index (χ1) is 12.3. The highest BCUT2D eigenvalue weighted by Gasteiger charge is 2.20. The van der Waals surface area contributed by atoms with E-state index in [-0.39, 0.29) is 0 Å². The fourth-order valence-corrected chi connectivity index (χ4v) is 3.75. The minimum Gasteiger partial charge on any atom is -0.497 e. The summed E-state index contributed by atoms with van der Waals surface area (Å²) in [6.45, 7) is 3.82. The molecule has 0 atom stereocenters. The molecule has 1 fully saturated rings. The van der Waals surface area contributed by atoms with Gasteiger partial charge < -0.3 is 14.5 Å². The topological polar surface area (TPSA) is 41.5 Å². The predicted molar refractivity (Wildman–Crippen MR) is 103 cm³/mol. The zero-order valence-corrected chi connectivity index (χ0v) is 14.9. The summed E-state index contributed by atoms with van der Waals surface area (Å²) in [4.78, 5) is 9.43. The van der Waals surface area contributed by atoms with Crippen molar-refractivity contribution < 1.29 is 4.74 Å². The number of hydrogen-bond acceptors (Lipinski definition) is 6. The van der Waals surface area contributed by atoms with Gasteiger partial charge >= 0.3 is 0 Å². The van der Waals surface area contributed by atoms with E-state index in [0.29, 0.717) is 0 Å². The Kier molecular flexibility index (Phi) is 4.52. The number of benzene rings is 2. The zero-order chi connectivity index (χ0) is 17.1. The van der Waals surface area contributed by atoms with Crippen LogP contribution in [0.15, 0.2) is 54.6 Å². The third kappa shape index (κ3) is 3.44. The summed E-state index contributed by atoms with van der Waals surface area (Å²) < 4.78 is 9.85. The van der Waals surface area contributed by atoms with E-state index in [2.05, 4.69) is 26.3 Å². The SMILES string of the molecule is COc1cccc(N2CCN(c3nc(-c4ccccc4)ns3)CC2)c1.